The number of aromatic nitrogens is 4. The second-order valence-electron chi connectivity index (χ2n) is 8.30. The van der Waals surface area contributed by atoms with E-state index >= 15 is 0 Å². The van der Waals surface area contributed by atoms with E-state index in [1.165, 1.54) is 23.0 Å². The third kappa shape index (κ3) is 6.36. The molecule has 1 aliphatic rings. The summed E-state index contributed by atoms with van der Waals surface area (Å²) in [6.07, 6.45) is 1.01. The molecule has 1 atom stereocenters. The van der Waals surface area contributed by atoms with E-state index in [4.69, 9.17) is 0 Å². The molecule has 0 radical (unpaired) electrons. The van der Waals surface area contributed by atoms with Crippen molar-refractivity contribution in [1.82, 2.24) is 25.1 Å². The first-order chi connectivity index (χ1) is 16.1. The Morgan fingerprint density at radius 3 is 2.65 bits per heavy atom. The maximum atomic E-state index is 13.3. The fraction of sp³-hybridized carbons (Fsp3) is 0.478. The zero-order chi connectivity index (χ0) is 24.9. The predicted molar refractivity (Wildman–Crippen MR) is 124 cm³/mol. The number of carbonyl (C=O) groups is 1. The summed E-state index contributed by atoms with van der Waals surface area (Å²) in [6, 6.07) is 3.16. The van der Waals surface area contributed by atoms with Gasteiger partial charge in [-0.25, -0.2) is 4.99 Å². The molecule has 8 nitrogen and oxygen atoms in total. The number of nitrogens with zero attached hydrogens (tertiary/aromatic N) is 7. The molecule has 182 valence electrons. The molecule has 0 bridgehead atoms. The topological polar surface area (TPSA) is 88.6 Å². The number of amidine groups is 1. The first-order valence-electron chi connectivity index (χ1n) is 11.0. The van der Waals surface area contributed by atoms with Gasteiger partial charge in [0.15, 0.2) is 5.82 Å². The van der Waals surface area contributed by atoms with Crippen LogP contribution in [0, 0.1) is 6.92 Å². The second-order valence-corrected chi connectivity index (χ2v) is 8.30. The van der Waals surface area contributed by atoms with Gasteiger partial charge in [0.05, 0.1) is 18.2 Å². The summed E-state index contributed by atoms with van der Waals surface area (Å²) in [5.74, 6) is 0.772. The van der Waals surface area contributed by atoms with E-state index in [0.29, 0.717) is 29.3 Å². The van der Waals surface area contributed by atoms with Gasteiger partial charge >= 0.3 is 6.18 Å². The van der Waals surface area contributed by atoms with Crippen molar-refractivity contribution < 1.29 is 18.0 Å². The Balaban J connectivity index is 1.89. The van der Waals surface area contributed by atoms with E-state index in [1.54, 1.807) is 18.9 Å². The molecule has 0 aliphatic carbocycles. The second kappa shape index (κ2) is 10.7. The Hall–Kier alpha value is -3.37. The highest BCUT2D eigenvalue weighted by molar-refractivity contribution is 6.02. The maximum absolute atomic E-state index is 13.3. The van der Waals surface area contributed by atoms with E-state index in [0.717, 1.165) is 37.1 Å². The van der Waals surface area contributed by atoms with Gasteiger partial charge in [-0.05, 0) is 74.6 Å². The molecule has 0 saturated carbocycles. The summed E-state index contributed by atoms with van der Waals surface area (Å²) in [4.78, 5) is 24.8. The summed E-state index contributed by atoms with van der Waals surface area (Å²) in [6.45, 7) is 5.94. The Labute approximate surface area is 196 Å². The number of alkyl halides is 3. The summed E-state index contributed by atoms with van der Waals surface area (Å²) in [5.41, 5.74) is 0.862. The molecule has 1 aromatic heterocycles. The van der Waals surface area contributed by atoms with E-state index in [9.17, 15) is 18.0 Å². The molecular formula is C23H28F3N7O. The monoisotopic (exact) mass is 475 g/mol. The van der Waals surface area contributed by atoms with Crippen molar-refractivity contribution in [3.05, 3.63) is 46.8 Å². The number of hydrogen-bond donors (Lipinski definition) is 0. The first-order valence-corrected chi connectivity index (χ1v) is 11.0. The Morgan fingerprint density at radius 1 is 1.26 bits per heavy atom. The molecule has 3 rings (SSSR count). The summed E-state index contributed by atoms with van der Waals surface area (Å²) in [7, 11) is 1.66. The Morgan fingerprint density at radius 2 is 2.03 bits per heavy atom. The number of likely N-dealkylation sites (tertiary alicyclic amines) is 1. The van der Waals surface area contributed by atoms with Gasteiger partial charge in [0, 0.05) is 25.4 Å². The molecule has 34 heavy (non-hydrogen) atoms. The number of hydrogen-bond acceptors (Lipinski definition) is 5. The molecule has 1 saturated heterocycles. The summed E-state index contributed by atoms with van der Waals surface area (Å²) in [5, 5.41) is 11.7. The normalized spacial score (nSPS) is 17.3. The zero-order valence-electron chi connectivity index (χ0n) is 19.7. The molecule has 0 spiro atoms. The van der Waals surface area contributed by atoms with Crippen molar-refractivity contribution >= 4 is 23.5 Å². The van der Waals surface area contributed by atoms with Crippen LogP contribution in [0.25, 0.3) is 6.08 Å². The van der Waals surface area contributed by atoms with Crippen molar-refractivity contribution in [2.75, 3.05) is 13.6 Å². The molecule has 1 fully saturated rings. The molecule has 1 aromatic carbocycles. The number of rotatable bonds is 5. The van der Waals surface area contributed by atoms with Gasteiger partial charge in [0.1, 0.15) is 5.84 Å². The van der Waals surface area contributed by atoms with Crippen LogP contribution in [0.1, 0.15) is 55.6 Å². The van der Waals surface area contributed by atoms with Crippen molar-refractivity contribution in [1.29, 1.82) is 0 Å². The van der Waals surface area contributed by atoms with Crippen LogP contribution < -0.4 is 0 Å². The lowest BCUT2D eigenvalue weighted by molar-refractivity contribution is -0.137. The highest BCUT2D eigenvalue weighted by Crippen LogP contribution is 2.31. The highest BCUT2D eigenvalue weighted by atomic mass is 19.4. The van der Waals surface area contributed by atoms with Crippen LogP contribution in [-0.4, -0.2) is 62.2 Å². The number of aryl methyl sites for hydroxylation is 1. The predicted octanol–water partition coefficient (Wildman–Crippen LogP) is 3.95. The number of halogens is 3. The lowest BCUT2D eigenvalue weighted by Gasteiger charge is -2.34. The molecule has 1 aliphatic heterocycles. The fourth-order valence-corrected chi connectivity index (χ4v) is 3.85. The minimum Gasteiger partial charge on any atom is -0.329 e. The number of benzene rings is 1. The van der Waals surface area contributed by atoms with Gasteiger partial charge in [-0.15, -0.1) is 10.2 Å². The molecule has 2 aromatic rings. The van der Waals surface area contributed by atoms with Gasteiger partial charge in [0.2, 0.25) is 5.91 Å². The number of amides is 1. The average Bonchev–Trinajstić information content (AvgIpc) is 3.20. The lowest BCUT2D eigenvalue weighted by atomic mass is 10.00. The minimum atomic E-state index is -4.49. The number of aliphatic imine (C=N–C) groups is 2. The van der Waals surface area contributed by atoms with E-state index in [2.05, 4.69) is 25.4 Å². The van der Waals surface area contributed by atoms with Crippen LogP contribution in [0.5, 0.6) is 0 Å². The third-order valence-electron chi connectivity index (χ3n) is 5.39. The number of tetrazole rings is 1. The van der Waals surface area contributed by atoms with Gasteiger partial charge in [-0.2, -0.15) is 18.0 Å². The van der Waals surface area contributed by atoms with Crippen molar-refractivity contribution in [2.45, 2.75) is 58.8 Å². The fourth-order valence-electron chi connectivity index (χ4n) is 3.85. The molecule has 1 amide bonds. The molecule has 11 heteroatoms. The van der Waals surface area contributed by atoms with Crippen LogP contribution in [0.2, 0.25) is 0 Å². The SMILES string of the molecule is CN=C(N=C(C)C)C1CCCCN1C(=O)/C=C/c1ccc(C(F)(F)F)cc1Cn1nnc(C)n1. The Bertz CT molecular complexity index is 1110. The molecular weight excluding hydrogens is 447 g/mol. The highest BCUT2D eigenvalue weighted by Gasteiger charge is 2.31. The van der Waals surface area contributed by atoms with Crippen LogP contribution in [0.15, 0.2) is 34.3 Å². The summed E-state index contributed by atoms with van der Waals surface area (Å²) >= 11 is 0. The van der Waals surface area contributed by atoms with Gasteiger partial charge in [-0.1, -0.05) is 6.07 Å². The van der Waals surface area contributed by atoms with Crippen molar-refractivity contribution in [3.8, 4) is 0 Å². The van der Waals surface area contributed by atoms with Crippen LogP contribution in [-0.2, 0) is 17.5 Å². The quantitative estimate of drug-likeness (QED) is 0.372. The maximum Gasteiger partial charge on any atom is 0.416 e. The smallest absolute Gasteiger partial charge is 0.329 e. The third-order valence-corrected chi connectivity index (χ3v) is 5.39. The van der Waals surface area contributed by atoms with Gasteiger partial charge in [0.25, 0.3) is 0 Å². The van der Waals surface area contributed by atoms with E-state index < -0.39 is 11.7 Å². The van der Waals surface area contributed by atoms with Crippen LogP contribution >= 0.6 is 0 Å². The minimum absolute atomic E-state index is 0.0118. The average molecular weight is 476 g/mol. The molecule has 1 unspecified atom stereocenters. The van der Waals surface area contributed by atoms with Crippen molar-refractivity contribution in [3.63, 3.8) is 0 Å². The lowest BCUT2D eigenvalue weighted by Crippen LogP contribution is -2.47. The van der Waals surface area contributed by atoms with Crippen LogP contribution in [0.3, 0.4) is 0 Å². The summed E-state index contributed by atoms with van der Waals surface area (Å²) < 4.78 is 39.9. The van der Waals surface area contributed by atoms with Gasteiger partial charge in [-0.3, -0.25) is 9.79 Å². The molecule has 0 N–H and O–H groups in total. The largest absolute Gasteiger partial charge is 0.416 e. The van der Waals surface area contributed by atoms with E-state index in [1.807, 2.05) is 13.8 Å². The van der Waals surface area contributed by atoms with Gasteiger partial charge < -0.3 is 4.90 Å². The van der Waals surface area contributed by atoms with E-state index in [-0.39, 0.29) is 18.5 Å². The standard InChI is InChI=1S/C23H28F3N7O/c1-15(2)28-22(27-4)20-7-5-6-12-32(20)21(34)11-9-17-8-10-19(23(24,25)26)13-18(17)14-33-30-16(3)29-31-33/h8-11,13,20H,5-7,12,14H2,1-4H3/b11-9+,27-22?. The van der Waals surface area contributed by atoms with Crippen LogP contribution in [0.4, 0.5) is 13.2 Å². The Kier molecular flexibility index (Phi) is 7.95. The first kappa shape index (κ1) is 25.3. The van der Waals surface area contributed by atoms with Crippen molar-refractivity contribution in [2.24, 2.45) is 9.98 Å². The molecule has 2 heterocycles. The number of piperidine rings is 1. The zero-order valence-corrected chi connectivity index (χ0v) is 19.7. The number of carbonyl (C=O) groups excluding carboxylic acids is 1.